The van der Waals surface area contributed by atoms with Crippen molar-refractivity contribution in [1.82, 2.24) is 0 Å². The van der Waals surface area contributed by atoms with Gasteiger partial charge in [0.25, 0.3) is 0 Å². The molecule has 0 aliphatic heterocycles. The van der Waals surface area contributed by atoms with Crippen LogP contribution in [0.4, 0.5) is 0 Å². The summed E-state index contributed by atoms with van der Waals surface area (Å²) in [5, 5.41) is 0.788. The van der Waals surface area contributed by atoms with E-state index >= 15 is 0 Å². The Morgan fingerprint density at radius 1 is 0.618 bits per heavy atom. The molecule has 166 valence electrons. The summed E-state index contributed by atoms with van der Waals surface area (Å²) in [6, 6.07) is 33.8. The maximum atomic E-state index is 6.33. The predicted octanol–water partition coefficient (Wildman–Crippen LogP) is 9.01. The summed E-state index contributed by atoms with van der Waals surface area (Å²) >= 11 is 6.33. The van der Waals surface area contributed by atoms with Gasteiger partial charge in [0, 0.05) is 10.4 Å². The van der Waals surface area contributed by atoms with Crippen molar-refractivity contribution in [2.75, 3.05) is 0 Å². The SMILES string of the molecule is Clc1cccc(-c2cccc(-c3cccc4c3C3(c5ccccc5-4)C4CC5CC(C4)C3C5)c2)c1. The summed E-state index contributed by atoms with van der Waals surface area (Å²) in [7, 11) is 0. The van der Waals surface area contributed by atoms with Gasteiger partial charge >= 0.3 is 0 Å². The minimum atomic E-state index is 0.201. The molecule has 0 radical (unpaired) electrons. The third kappa shape index (κ3) is 2.40. The van der Waals surface area contributed by atoms with Gasteiger partial charge in [-0.3, -0.25) is 0 Å². The maximum absolute atomic E-state index is 6.33. The molecule has 0 saturated heterocycles. The van der Waals surface area contributed by atoms with Gasteiger partial charge < -0.3 is 0 Å². The fraction of sp³-hybridized carbons (Fsp3) is 0.273. The van der Waals surface area contributed by atoms with E-state index < -0.39 is 0 Å². The monoisotopic (exact) mass is 458 g/mol. The number of hydrogen-bond acceptors (Lipinski definition) is 0. The summed E-state index contributed by atoms with van der Waals surface area (Å²) in [6.07, 6.45) is 5.72. The molecule has 0 heterocycles. The molecule has 5 aliphatic rings. The van der Waals surface area contributed by atoms with Crippen molar-refractivity contribution in [2.45, 2.75) is 31.1 Å². The van der Waals surface area contributed by atoms with Crippen LogP contribution in [0, 0.1) is 23.7 Å². The first kappa shape index (κ1) is 19.5. The second kappa shape index (κ2) is 6.86. The van der Waals surface area contributed by atoms with Crippen LogP contribution in [0.25, 0.3) is 33.4 Å². The Hall–Kier alpha value is -2.83. The zero-order valence-corrected chi connectivity index (χ0v) is 19.9. The van der Waals surface area contributed by atoms with Gasteiger partial charge in [-0.1, -0.05) is 84.4 Å². The van der Waals surface area contributed by atoms with Crippen LogP contribution in [-0.4, -0.2) is 0 Å². The molecule has 4 aromatic carbocycles. The molecule has 0 N–H and O–H groups in total. The molecular formula is C33H27Cl. The molecule has 1 heteroatoms. The van der Waals surface area contributed by atoms with Crippen LogP contribution in [0.1, 0.15) is 36.8 Å². The largest absolute Gasteiger partial charge is 0.0843 e. The zero-order chi connectivity index (χ0) is 22.4. The van der Waals surface area contributed by atoms with Crippen LogP contribution >= 0.6 is 11.6 Å². The molecule has 34 heavy (non-hydrogen) atoms. The standard InChI is InChI=1S/C33H27Cl/c34-26-9-4-7-22(19-26)21-6-3-8-23(17-21)27-11-5-12-29-28-10-1-2-13-30(28)33(32(27)29)25-15-20-14-24(18-25)31(33)16-20/h1-13,17,19-20,24-25,31H,14-16,18H2. The number of fused-ring (bicyclic) bond motifs is 3. The van der Waals surface area contributed by atoms with Crippen molar-refractivity contribution >= 4 is 11.6 Å². The lowest BCUT2D eigenvalue weighted by Crippen LogP contribution is -2.40. The Kier molecular flexibility index (Phi) is 3.93. The van der Waals surface area contributed by atoms with Crippen LogP contribution in [0.3, 0.4) is 0 Å². The number of hydrogen-bond donors (Lipinski definition) is 0. The fourth-order valence-electron chi connectivity index (χ4n) is 8.81. The van der Waals surface area contributed by atoms with E-state index in [9.17, 15) is 0 Å². The van der Waals surface area contributed by atoms with Crippen molar-refractivity contribution < 1.29 is 0 Å². The van der Waals surface area contributed by atoms with Gasteiger partial charge in [0.1, 0.15) is 0 Å². The molecule has 5 atom stereocenters. The van der Waals surface area contributed by atoms with Crippen molar-refractivity contribution in [1.29, 1.82) is 0 Å². The lowest BCUT2D eigenvalue weighted by atomic mass is 9.58. The van der Waals surface area contributed by atoms with Crippen LogP contribution in [0.2, 0.25) is 5.02 Å². The molecule has 4 aromatic rings. The zero-order valence-electron chi connectivity index (χ0n) is 19.2. The fourth-order valence-corrected chi connectivity index (χ4v) is 9.00. The highest BCUT2D eigenvalue weighted by Gasteiger charge is 2.66. The molecule has 1 spiro atoms. The van der Waals surface area contributed by atoms with Crippen molar-refractivity contribution in [3.05, 3.63) is 107 Å². The van der Waals surface area contributed by atoms with Gasteiger partial charge in [0.05, 0.1) is 0 Å². The normalized spacial score (nSPS) is 29.6. The van der Waals surface area contributed by atoms with Crippen LogP contribution in [0.15, 0.2) is 91.0 Å². The molecule has 5 aliphatic carbocycles. The van der Waals surface area contributed by atoms with Gasteiger partial charge in [-0.05, 0) is 112 Å². The summed E-state index contributed by atoms with van der Waals surface area (Å²) in [6.45, 7) is 0. The third-order valence-electron chi connectivity index (χ3n) is 9.70. The molecular weight excluding hydrogens is 432 g/mol. The van der Waals surface area contributed by atoms with Crippen LogP contribution < -0.4 is 0 Å². The van der Waals surface area contributed by atoms with Gasteiger partial charge in [0.15, 0.2) is 0 Å². The lowest BCUT2D eigenvalue weighted by molar-refractivity contribution is 0.191. The molecule has 9 rings (SSSR count). The van der Waals surface area contributed by atoms with E-state index in [4.69, 9.17) is 11.6 Å². The molecule has 4 saturated carbocycles. The summed E-state index contributed by atoms with van der Waals surface area (Å²) in [5.74, 6) is 3.47. The quantitative estimate of drug-likeness (QED) is 0.281. The van der Waals surface area contributed by atoms with Gasteiger partial charge in [-0.2, -0.15) is 0 Å². The highest BCUT2D eigenvalue weighted by molar-refractivity contribution is 6.30. The Morgan fingerprint density at radius 3 is 2.24 bits per heavy atom. The molecule has 0 amide bonds. The second-order valence-corrected chi connectivity index (χ2v) is 11.5. The van der Waals surface area contributed by atoms with Gasteiger partial charge in [-0.15, -0.1) is 0 Å². The molecule has 0 aromatic heterocycles. The minimum absolute atomic E-state index is 0.201. The second-order valence-electron chi connectivity index (χ2n) is 11.1. The van der Waals surface area contributed by atoms with E-state index in [1.807, 2.05) is 12.1 Å². The summed E-state index contributed by atoms with van der Waals surface area (Å²) < 4.78 is 0. The average molecular weight is 459 g/mol. The number of benzene rings is 4. The third-order valence-corrected chi connectivity index (χ3v) is 9.93. The topological polar surface area (TPSA) is 0 Å². The Labute approximate surface area is 206 Å². The Balaban J connectivity index is 1.38. The first-order valence-corrected chi connectivity index (χ1v) is 13.2. The lowest BCUT2D eigenvalue weighted by Gasteiger charge is -2.44. The Morgan fingerprint density at radius 2 is 1.35 bits per heavy atom. The van der Waals surface area contributed by atoms with Crippen LogP contribution in [-0.2, 0) is 5.41 Å². The first-order valence-electron chi connectivity index (χ1n) is 12.8. The predicted molar refractivity (Wildman–Crippen MR) is 141 cm³/mol. The van der Waals surface area contributed by atoms with Crippen LogP contribution in [0.5, 0.6) is 0 Å². The molecule has 4 fully saturated rings. The van der Waals surface area contributed by atoms with Crippen molar-refractivity contribution in [3.63, 3.8) is 0 Å². The minimum Gasteiger partial charge on any atom is -0.0843 e. The van der Waals surface area contributed by atoms with E-state index in [1.54, 1.807) is 11.1 Å². The van der Waals surface area contributed by atoms with Crippen molar-refractivity contribution in [3.8, 4) is 33.4 Å². The Bertz CT molecular complexity index is 1460. The molecule has 5 unspecified atom stereocenters. The van der Waals surface area contributed by atoms with Gasteiger partial charge in [0.2, 0.25) is 0 Å². The smallest absolute Gasteiger partial charge is 0.0412 e. The summed E-state index contributed by atoms with van der Waals surface area (Å²) in [4.78, 5) is 0. The molecule has 4 bridgehead atoms. The van der Waals surface area contributed by atoms with E-state index in [1.165, 1.54) is 59.1 Å². The van der Waals surface area contributed by atoms with Gasteiger partial charge in [-0.25, -0.2) is 0 Å². The van der Waals surface area contributed by atoms with E-state index in [0.29, 0.717) is 0 Å². The summed E-state index contributed by atoms with van der Waals surface area (Å²) in [5.41, 5.74) is 11.6. The van der Waals surface area contributed by atoms with E-state index in [0.717, 1.165) is 28.7 Å². The highest BCUT2D eigenvalue weighted by Crippen LogP contribution is 2.73. The first-order chi connectivity index (χ1) is 16.7. The maximum Gasteiger partial charge on any atom is 0.0412 e. The highest BCUT2D eigenvalue weighted by atomic mass is 35.5. The average Bonchev–Trinajstić information content (AvgIpc) is 3.42. The van der Waals surface area contributed by atoms with Crippen molar-refractivity contribution in [2.24, 2.45) is 23.7 Å². The molecule has 0 nitrogen and oxygen atoms in total. The number of halogens is 1. The van der Waals surface area contributed by atoms with E-state index in [2.05, 4.69) is 78.9 Å². The van der Waals surface area contributed by atoms with E-state index in [-0.39, 0.29) is 5.41 Å². The number of rotatable bonds is 2.